The number of anilines is 1. The summed E-state index contributed by atoms with van der Waals surface area (Å²) < 4.78 is 0. The Kier molecular flexibility index (Phi) is 4.49. The molecule has 2 N–H and O–H groups in total. The van der Waals surface area contributed by atoms with Crippen LogP contribution in [0.2, 0.25) is 0 Å². The summed E-state index contributed by atoms with van der Waals surface area (Å²) in [5.41, 5.74) is 2.92. The minimum Gasteiger partial charge on any atom is -0.345 e. The lowest BCUT2D eigenvalue weighted by Gasteiger charge is -2.20. The van der Waals surface area contributed by atoms with Crippen molar-refractivity contribution in [1.82, 2.24) is 5.32 Å². The van der Waals surface area contributed by atoms with Gasteiger partial charge in [0.15, 0.2) is 5.78 Å². The molecule has 0 bridgehead atoms. The summed E-state index contributed by atoms with van der Waals surface area (Å²) in [4.78, 5) is 36.2. The van der Waals surface area contributed by atoms with Crippen LogP contribution in [0.25, 0.3) is 0 Å². The van der Waals surface area contributed by atoms with Crippen molar-refractivity contribution in [3.8, 4) is 0 Å². The van der Waals surface area contributed by atoms with Crippen LogP contribution in [0.5, 0.6) is 0 Å². The van der Waals surface area contributed by atoms with E-state index < -0.39 is 0 Å². The number of amides is 2. The fourth-order valence-electron chi connectivity index (χ4n) is 2.67. The number of carbonyl (C=O) groups is 3. The van der Waals surface area contributed by atoms with Crippen LogP contribution in [0.15, 0.2) is 30.3 Å². The monoisotopic (exact) mass is 342 g/mol. The highest BCUT2D eigenvalue weighted by molar-refractivity contribution is 7.15. The van der Waals surface area contributed by atoms with Crippen LogP contribution in [0, 0.1) is 0 Å². The van der Waals surface area contributed by atoms with E-state index in [9.17, 15) is 14.4 Å². The average molecular weight is 342 g/mol. The van der Waals surface area contributed by atoms with Crippen LogP contribution in [0.4, 0.5) is 5.69 Å². The molecule has 2 amide bonds. The van der Waals surface area contributed by atoms with Crippen LogP contribution < -0.4 is 10.6 Å². The molecule has 0 saturated heterocycles. The topological polar surface area (TPSA) is 75.3 Å². The second-order valence-electron chi connectivity index (χ2n) is 5.88. The molecule has 1 atom stereocenters. The Morgan fingerprint density at radius 1 is 1.17 bits per heavy atom. The molecule has 1 aliphatic heterocycles. The van der Waals surface area contributed by atoms with Crippen molar-refractivity contribution >= 4 is 34.6 Å². The van der Waals surface area contributed by atoms with Gasteiger partial charge in [-0.05, 0) is 49.6 Å². The van der Waals surface area contributed by atoms with E-state index in [0.717, 1.165) is 16.8 Å². The number of fused-ring (bicyclic) bond motifs is 1. The first kappa shape index (κ1) is 16.4. The van der Waals surface area contributed by atoms with Crippen molar-refractivity contribution in [1.29, 1.82) is 0 Å². The van der Waals surface area contributed by atoms with E-state index >= 15 is 0 Å². The average Bonchev–Trinajstić information content (AvgIpc) is 3.04. The van der Waals surface area contributed by atoms with Gasteiger partial charge in [0.2, 0.25) is 5.91 Å². The summed E-state index contributed by atoms with van der Waals surface area (Å²) in [6, 6.07) is 8.99. The van der Waals surface area contributed by atoms with Gasteiger partial charge in [-0.3, -0.25) is 14.4 Å². The van der Waals surface area contributed by atoms with Gasteiger partial charge in [0.05, 0.1) is 15.8 Å². The van der Waals surface area contributed by atoms with Gasteiger partial charge in [0, 0.05) is 12.1 Å². The molecule has 1 aliphatic rings. The van der Waals surface area contributed by atoms with E-state index in [1.807, 2.05) is 25.1 Å². The van der Waals surface area contributed by atoms with Gasteiger partial charge >= 0.3 is 0 Å². The smallest absolute Gasteiger partial charge is 0.261 e. The molecular formula is C18H18N2O3S. The van der Waals surface area contributed by atoms with E-state index in [0.29, 0.717) is 22.6 Å². The molecule has 1 aromatic heterocycles. The van der Waals surface area contributed by atoms with E-state index in [1.165, 1.54) is 18.3 Å². The number of hydrogen-bond donors (Lipinski definition) is 2. The zero-order valence-electron chi connectivity index (χ0n) is 13.5. The number of aryl methyl sites for hydroxylation is 1. The number of thiophene rings is 1. The predicted molar refractivity (Wildman–Crippen MR) is 93.6 cm³/mol. The molecule has 2 heterocycles. The van der Waals surface area contributed by atoms with Gasteiger partial charge in [-0.2, -0.15) is 0 Å². The zero-order valence-corrected chi connectivity index (χ0v) is 14.3. The number of rotatable bonds is 4. The molecule has 0 radical (unpaired) electrons. The van der Waals surface area contributed by atoms with E-state index in [2.05, 4.69) is 10.6 Å². The van der Waals surface area contributed by atoms with E-state index in [1.54, 1.807) is 12.1 Å². The first-order chi connectivity index (χ1) is 11.4. The molecule has 124 valence electrons. The lowest BCUT2D eigenvalue weighted by atomic mass is 9.98. The van der Waals surface area contributed by atoms with Crippen LogP contribution in [0.3, 0.4) is 0 Å². The fourth-order valence-corrected chi connectivity index (χ4v) is 3.48. The van der Waals surface area contributed by atoms with E-state index in [4.69, 9.17) is 0 Å². The summed E-state index contributed by atoms with van der Waals surface area (Å²) in [6.07, 6.45) is 1.20. The normalized spacial score (nSPS) is 14.5. The molecule has 0 fully saturated rings. The van der Waals surface area contributed by atoms with Crippen LogP contribution in [-0.2, 0) is 11.2 Å². The minimum atomic E-state index is -0.189. The molecule has 5 nitrogen and oxygen atoms in total. The highest BCUT2D eigenvalue weighted by Crippen LogP contribution is 2.26. The number of benzene rings is 1. The van der Waals surface area contributed by atoms with Crippen molar-refractivity contribution in [3.05, 3.63) is 51.2 Å². The first-order valence-corrected chi connectivity index (χ1v) is 8.60. The fraction of sp³-hybridized carbons (Fsp3) is 0.278. The van der Waals surface area contributed by atoms with Gasteiger partial charge in [-0.25, -0.2) is 0 Å². The number of ketones is 1. The van der Waals surface area contributed by atoms with Crippen LogP contribution in [-0.4, -0.2) is 17.6 Å². The number of hydrogen-bond acceptors (Lipinski definition) is 4. The SMILES string of the molecule is CC(=O)c1ccc(C(=O)N[C@H](C)c2ccc3c(c2)CCC(=O)N3)s1. The second-order valence-corrected chi connectivity index (χ2v) is 6.96. The van der Waals surface area contributed by atoms with Crippen LogP contribution >= 0.6 is 11.3 Å². The molecule has 2 aromatic rings. The molecule has 0 unspecified atom stereocenters. The van der Waals surface area contributed by atoms with Gasteiger partial charge in [0.1, 0.15) is 0 Å². The number of carbonyl (C=O) groups excluding carboxylic acids is 3. The lowest BCUT2D eigenvalue weighted by Crippen LogP contribution is -2.26. The summed E-state index contributed by atoms with van der Waals surface area (Å²) in [5, 5.41) is 5.80. The maximum absolute atomic E-state index is 12.3. The maximum Gasteiger partial charge on any atom is 0.261 e. The largest absolute Gasteiger partial charge is 0.345 e. The van der Waals surface area contributed by atoms with Crippen molar-refractivity contribution in [2.75, 3.05) is 5.32 Å². The first-order valence-electron chi connectivity index (χ1n) is 7.78. The third-order valence-electron chi connectivity index (χ3n) is 4.05. The Morgan fingerprint density at radius 3 is 2.62 bits per heavy atom. The molecule has 0 spiro atoms. The Hall–Kier alpha value is -2.47. The zero-order chi connectivity index (χ0) is 17.3. The summed E-state index contributed by atoms with van der Waals surface area (Å²) in [6.45, 7) is 3.41. The van der Waals surface area contributed by atoms with E-state index in [-0.39, 0.29) is 23.6 Å². The maximum atomic E-state index is 12.3. The molecule has 0 saturated carbocycles. The van der Waals surface area contributed by atoms with Crippen molar-refractivity contribution in [2.45, 2.75) is 32.7 Å². The second kappa shape index (κ2) is 6.57. The summed E-state index contributed by atoms with van der Waals surface area (Å²) >= 11 is 1.20. The molecule has 24 heavy (non-hydrogen) atoms. The number of nitrogens with one attached hydrogen (secondary N) is 2. The number of Topliss-reactive ketones (excluding diaryl/α,β-unsaturated/α-hetero) is 1. The highest BCUT2D eigenvalue weighted by atomic mass is 32.1. The Bertz CT molecular complexity index is 825. The molecule has 1 aromatic carbocycles. The highest BCUT2D eigenvalue weighted by Gasteiger charge is 2.18. The molecule has 6 heteroatoms. The van der Waals surface area contributed by atoms with Crippen molar-refractivity contribution < 1.29 is 14.4 Å². The summed E-state index contributed by atoms with van der Waals surface area (Å²) in [7, 11) is 0. The Balaban J connectivity index is 1.72. The Morgan fingerprint density at radius 2 is 1.92 bits per heavy atom. The van der Waals surface area contributed by atoms with Crippen molar-refractivity contribution in [2.24, 2.45) is 0 Å². The van der Waals surface area contributed by atoms with Gasteiger partial charge in [0.25, 0.3) is 5.91 Å². The quantitative estimate of drug-likeness (QED) is 0.837. The third-order valence-corrected chi connectivity index (χ3v) is 5.23. The standard InChI is InChI=1S/C18H18N2O3S/c1-10(19-18(23)16-7-6-15(24-16)11(2)21)12-3-5-14-13(9-12)4-8-17(22)20-14/h3,5-7,9-10H,4,8H2,1-2H3,(H,19,23)(H,20,22)/t10-/m1/s1. The van der Waals surface area contributed by atoms with Gasteiger partial charge < -0.3 is 10.6 Å². The third kappa shape index (κ3) is 3.38. The van der Waals surface area contributed by atoms with Crippen LogP contribution in [0.1, 0.15) is 56.8 Å². The van der Waals surface area contributed by atoms with Gasteiger partial charge in [-0.1, -0.05) is 12.1 Å². The van der Waals surface area contributed by atoms with Crippen molar-refractivity contribution in [3.63, 3.8) is 0 Å². The lowest BCUT2D eigenvalue weighted by molar-refractivity contribution is -0.116. The van der Waals surface area contributed by atoms with Gasteiger partial charge in [-0.15, -0.1) is 11.3 Å². The summed E-state index contributed by atoms with van der Waals surface area (Å²) in [5.74, 6) is -0.189. The Labute approximate surface area is 144 Å². The minimum absolute atomic E-state index is 0.0376. The molecular weight excluding hydrogens is 324 g/mol. The molecule has 3 rings (SSSR count). The molecule has 0 aliphatic carbocycles. The predicted octanol–water partition coefficient (Wildman–Crippen LogP) is 3.33.